The minimum Gasteiger partial charge on any atom is -0.454 e. The van der Waals surface area contributed by atoms with Crippen LogP contribution in [0.5, 0.6) is 11.5 Å². The third-order valence-electron chi connectivity index (χ3n) is 5.38. The zero-order valence-corrected chi connectivity index (χ0v) is 20.0. The van der Waals surface area contributed by atoms with E-state index in [4.69, 9.17) is 15.2 Å². The van der Waals surface area contributed by atoms with Gasteiger partial charge in [0, 0.05) is 19.0 Å². The van der Waals surface area contributed by atoms with Crippen LogP contribution >= 0.6 is 24.0 Å². The average Bonchev–Trinajstić information content (AvgIpc) is 3.20. The van der Waals surface area contributed by atoms with E-state index in [1.807, 2.05) is 18.2 Å². The van der Waals surface area contributed by atoms with Gasteiger partial charge in [-0.05, 0) is 69.9 Å². The molecule has 0 aromatic heterocycles. The van der Waals surface area contributed by atoms with E-state index in [1.54, 1.807) is 0 Å². The number of nitrogens with two attached hydrogens (primary N) is 1. The van der Waals surface area contributed by atoms with E-state index in [2.05, 4.69) is 27.4 Å². The van der Waals surface area contributed by atoms with Gasteiger partial charge in [0.2, 0.25) is 12.7 Å². The molecule has 30 heavy (non-hydrogen) atoms. The molecule has 9 heteroatoms. The van der Waals surface area contributed by atoms with Crippen LogP contribution in [0.1, 0.15) is 38.2 Å². The molecule has 1 amide bonds. The minimum absolute atomic E-state index is 0. The number of ether oxygens (including phenoxy) is 2. The molecule has 4 N–H and O–H groups in total. The lowest BCUT2D eigenvalue weighted by Crippen LogP contribution is -2.39. The Hall–Kier alpha value is -1.75. The highest BCUT2D eigenvalue weighted by molar-refractivity contribution is 14.0. The molecule has 2 aliphatic heterocycles. The number of carbonyl (C=O) groups excluding carboxylic acids is 1. The highest BCUT2D eigenvalue weighted by Crippen LogP contribution is 2.32. The lowest BCUT2D eigenvalue weighted by molar-refractivity contribution is -0.123. The standard InChI is InChI=1S/C21H33N5O3.HI/c1-2-23-21(25-14-16-5-6-18-19(13-16)29-15-28-18)24-9-3-4-10-26-11-7-17(8-12-26)20(22)27;/h5-6,13,17H,2-4,7-12,14-15H2,1H3,(H2,22,27)(H2,23,24,25);1H. The van der Waals surface area contributed by atoms with Crippen molar-refractivity contribution in [1.82, 2.24) is 15.5 Å². The van der Waals surface area contributed by atoms with Crippen molar-refractivity contribution in [2.45, 2.75) is 39.2 Å². The molecule has 168 valence electrons. The number of unbranched alkanes of at least 4 members (excludes halogenated alkanes) is 1. The average molecular weight is 531 g/mol. The summed E-state index contributed by atoms with van der Waals surface area (Å²) in [5.41, 5.74) is 6.48. The fourth-order valence-corrected chi connectivity index (χ4v) is 3.66. The van der Waals surface area contributed by atoms with E-state index in [0.29, 0.717) is 6.54 Å². The summed E-state index contributed by atoms with van der Waals surface area (Å²) in [5.74, 6) is 2.32. The number of hydrogen-bond acceptors (Lipinski definition) is 5. The SMILES string of the molecule is CCNC(=NCc1ccc2c(c1)OCO2)NCCCCN1CCC(C(N)=O)CC1.I. The Bertz CT molecular complexity index is 708. The Morgan fingerprint density at radius 1 is 1.20 bits per heavy atom. The number of primary amides is 1. The Morgan fingerprint density at radius 3 is 2.70 bits per heavy atom. The van der Waals surface area contributed by atoms with E-state index in [0.717, 1.165) is 81.4 Å². The van der Waals surface area contributed by atoms with Crippen molar-refractivity contribution in [3.63, 3.8) is 0 Å². The van der Waals surface area contributed by atoms with Crippen molar-refractivity contribution < 1.29 is 14.3 Å². The van der Waals surface area contributed by atoms with Crippen LogP contribution in [0.3, 0.4) is 0 Å². The first-order chi connectivity index (χ1) is 14.2. The quantitative estimate of drug-likeness (QED) is 0.195. The topological polar surface area (TPSA) is 101 Å². The van der Waals surface area contributed by atoms with E-state index in [9.17, 15) is 4.79 Å². The summed E-state index contributed by atoms with van der Waals surface area (Å²) in [4.78, 5) is 18.3. The first-order valence-corrected chi connectivity index (χ1v) is 10.6. The first-order valence-electron chi connectivity index (χ1n) is 10.6. The maximum atomic E-state index is 11.2. The number of carbonyl (C=O) groups is 1. The number of piperidine rings is 1. The van der Waals surface area contributed by atoms with Gasteiger partial charge in [0.1, 0.15) is 0 Å². The van der Waals surface area contributed by atoms with E-state index in [1.165, 1.54) is 0 Å². The van der Waals surface area contributed by atoms with Gasteiger partial charge in [-0.1, -0.05) is 6.07 Å². The van der Waals surface area contributed by atoms with Crippen molar-refractivity contribution in [3.8, 4) is 11.5 Å². The zero-order chi connectivity index (χ0) is 20.5. The van der Waals surface area contributed by atoms with E-state index in [-0.39, 0.29) is 42.6 Å². The molecule has 2 heterocycles. The number of hydrogen-bond donors (Lipinski definition) is 3. The normalized spacial score (nSPS) is 16.8. The molecule has 0 bridgehead atoms. The molecular weight excluding hydrogens is 497 g/mol. The van der Waals surface area contributed by atoms with Crippen LogP contribution in [-0.2, 0) is 11.3 Å². The maximum absolute atomic E-state index is 11.2. The number of likely N-dealkylation sites (tertiary alicyclic amines) is 1. The lowest BCUT2D eigenvalue weighted by Gasteiger charge is -2.30. The molecular formula is C21H34IN5O3. The summed E-state index contributed by atoms with van der Waals surface area (Å²) in [7, 11) is 0. The highest BCUT2D eigenvalue weighted by Gasteiger charge is 2.22. The summed E-state index contributed by atoms with van der Waals surface area (Å²) < 4.78 is 10.8. The fourth-order valence-electron chi connectivity index (χ4n) is 3.66. The van der Waals surface area contributed by atoms with E-state index >= 15 is 0 Å². The van der Waals surface area contributed by atoms with Gasteiger partial charge >= 0.3 is 0 Å². The van der Waals surface area contributed by atoms with Gasteiger partial charge in [-0.25, -0.2) is 4.99 Å². The number of rotatable bonds is 9. The molecule has 2 aliphatic rings. The van der Waals surface area contributed by atoms with Crippen LogP contribution < -0.4 is 25.8 Å². The Morgan fingerprint density at radius 2 is 1.97 bits per heavy atom. The summed E-state index contributed by atoms with van der Waals surface area (Å²) in [6, 6.07) is 5.93. The number of halogens is 1. The minimum atomic E-state index is -0.148. The van der Waals surface area contributed by atoms with Crippen LogP contribution in [0.25, 0.3) is 0 Å². The summed E-state index contributed by atoms with van der Waals surface area (Å²) in [6.45, 7) is 7.65. The third kappa shape index (κ3) is 7.50. The van der Waals surface area contributed by atoms with Crippen LogP contribution in [0, 0.1) is 5.92 Å². The Labute approximate surface area is 196 Å². The Balaban J connectivity index is 0.00000320. The lowest BCUT2D eigenvalue weighted by atomic mass is 9.96. The number of amides is 1. The zero-order valence-electron chi connectivity index (χ0n) is 17.7. The van der Waals surface area contributed by atoms with Gasteiger partial charge in [0.15, 0.2) is 17.5 Å². The molecule has 1 saturated heterocycles. The number of fused-ring (bicyclic) bond motifs is 1. The number of nitrogens with zero attached hydrogens (tertiary/aromatic N) is 2. The second-order valence-corrected chi connectivity index (χ2v) is 7.53. The van der Waals surface area contributed by atoms with Crippen LogP contribution in [-0.4, -0.2) is 56.3 Å². The molecule has 0 atom stereocenters. The van der Waals surface area contributed by atoms with Crippen molar-refractivity contribution in [2.24, 2.45) is 16.6 Å². The Kier molecular flexibility index (Phi) is 10.5. The predicted octanol–water partition coefficient (Wildman–Crippen LogP) is 2.07. The van der Waals surface area contributed by atoms with Crippen LogP contribution in [0.15, 0.2) is 23.2 Å². The van der Waals surface area contributed by atoms with Crippen LogP contribution in [0.2, 0.25) is 0 Å². The van der Waals surface area contributed by atoms with Crippen molar-refractivity contribution >= 4 is 35.8 Å². The van der Waals surface area contributed by atoms with E-state index < -0.39 is 0 Å². The number of nitrogens with one attached hydrogen (secondary N) is 2. The molecule has 1 fully saturated rings. The molecule has 0 radical (unpaired) electrons. The summed E-state index contributed by atoms with van der Waals surface area (Å²) in [5, 5.41) is 6.70. The monoisotopic (exact) mass is 531 g/mol. The third-order valence-corrected chi connectivity index (χ3v) is 5.38. The van der Waals surface area contributed by atoms with Crippen molar-refractivity contribution in [3.05, 3.63) is 23.8 Å². The number of aliphatic imine (C=N–C) groups is 1. The highest BCUT2D eigenvalue weighted by atomic mass is 127. The first kappa shape index (κ1) is 24.5. The van der Waals surface area contributed by atoms with Crippen molar-refractivity contribution in [1.29, 1.82) is 0 Å². The summed E-state index contributed by atoms with van der Waals surface area (Å²) >= 11 is 0. The molecule has 0 aliphatic carbocycles. The van der Waals surface area contributed by atoms with Gasteiger partial charge in [-0.15, -0.1) is 24.0 Å². The predicted molar refractivity (Wildman–Crippen MR) is 128 cm³/mol. The number of guanidine groups is 1. The molecule has 1 aromatic rings. The fraction of sp³-hybridized carbons (Fsp3) is 0.619. The molecule has 1 aromatic carbocycles. The summed E-state index contributed by atoms with van der Waals surface area (Å²) in [6.07, 6.45) is 3.98. The maximum Gasteiger partial charge on any atom is 0.231 e. The molecule has 8 nitrogen and oxygen atoms in total. The molecule has 0 saturated carbocycles. The van der Waals surface area contributed by atoms with Gasteiger partial charge < -0.3 is 30.7 Å². The number of benzene rings is 1. The molecule has 0 spiro atoms. The van der Waals surface area contributed by atoms with Crippen molar-refractivity contribution in [2.75, 3.05) is 39.5 Å². The van der Waals surface area contributed by atoms with Crippen LogP contribution in [0.4, 0.5) is 0 Å². The second-order valence-electron chi connectivity index (χ2n) is 7.53. The van der Waals surface area contributed by atoms with Gasteiger partial charge in [0.25, 0.3) is 0 Å². The largest absolute Gasteiger partial charge is 0.454 e. The smallest absolute Gasteiger partial charge is 0.231 e. The van der Waals surface area contributed by atoms with Gasteiger partial charge in [-0.3, -0.25) is 4.79 Å². The van der Waals surface area contributed by atoms with Gasteiger partial charge in [-0.2, -0.15) is 0 Å². The molecule has 3 rings (SSSR count). The van der Waals surface area contributed by atoms with Gasteiger partial charge in [0.05, 0.1) is 6.54 Å². The molecule has 0 unspecified atom stereocenters. The second kappa shape index (κ2) is 12.8.